The van der Waals surface area contributed by atoms with E-state index in [9.17, 15) is 0 Å². The predicted octanol–water partition coefficient (Wildman–Crippen LogP) is 3.42. The zero-order valence-electron chi connectivity index (χ0n) is 9.07. The van der Waals surface area contributed by atoms with E-state index in [4.69, 9.17) is 5.26 Å². The van der Waals surface area contributed by atoms with Gasteiger partial charge in [-0.2, -0.15) is 5.26 Å². The number of fused-ring (bicyclic) bond motifs is 1. The standard InChI is InChI=1S/C14H12N2/c1-16-14-12(6-4-10-15)9-8-11-5-2-3-7-13(11)14/h2-9,16H,1H3. The van der Waals surface area contributed by atoms with Crippen molar-refractivity contribution in [3.05, 3.63) is 48.0 Å². The number of hydrogen-bond donors (Lipinski definition) is 1. The van der Waals surface area contributed by atoms with E-state index >= 15 is 0 Å². The summed E-state index contributed by atoms with van der Waals surface area (Å²) in [5.74, 6) is 0. The number of nitrogens with zero attached hydrogens (tertiary/aromatic N) is 1. The van der Waals surface area contributed by atoms with E-state index < -0.39 is 0 Å². The molecule has 2 rings (SSSR count). The summed E-state index contributed by atoms with van der Waals surface area (Å²) >= 11 is 0. The molecule has 0 fully saturated rings. The molecule has 0 amide bonds. The minimum Gasteiger partial charge on any atom is -0.387 e. The minimum absolute atomic E-state index is 1.03. The van der Waals surface area contributed by atoms with Gasteiger partial charge in [0.25, 0.3) is 0 Å². The Labute approximate surface area is 94.8 Å². The second kappa shape index (κ2) is 4.50. The van der Waals surface area contributed by atoms with Gasteiger partial charge in [-0.1, -0.05) is 36.4 Å². The molecule has 0 atom stereocenters. The fourth-order valence-electron chi connectivity index (χ4n) is 1.83. The van der Waals surface area contributed by atoms with Crippen LogP contribution in [-0.2, 0) is 0 Å². The van der Waals surface area contributed by atoms with Crippen molar-refractivity contribution in [3.63, 3.8) is 0 Å². The maximum Gasteiger partial charge on any atom is 0.0912 e. The van der Waals surface area contributed by atoms with E-state index in [1.54, 1.807) is 0 Å². The van der Waals surface area contributed by atoms with Gasteiger partial charge in [0.2, 0.25) is 0 Å². The van der Waals surface area contributed by atoms with Gasteiger partial charge in [-0.05, 0) is 17.0 Å². The maximum atomic E-state index is 8.55. The lowest BCUT2D eigenvalue weighted by atomic mass is 10.0. The van der Waals surface area contributed by atoms with Crippen molar-refractivity contribution >= 4 is 22.5 Å². The van der Waals surface area contributed by atoms with Crippen LogP contribution in [0.15, 0.2) is 42.5 Å². The SMILES string of the molecule is CNc1c(C=CC#N)ccc2ccccc12. The van der Waals surface area contributed by atoms with Crippen LogP contribution in [0.4, 0.5) is 5.69 Å². The number of hydrogen-bond acceptors (Lipinski definition) is 2. The Balaban J connectivity index is 2.69. The molecular weight excluding hydrogens is 196 g/mol. The van der Waals surface area contributed by atoms with Gasteiger partial charge in [0.1, 0.15) is 0 Å². The van der Waals surface area contributed by atoms with Crippen LogP contribution < -0.4 is 5.32 Å². The molecule has 0 aliphatic rings. The molecule has 0 heterocycles. The van der Waals surface area contributed by atoms with E-state index in [0.29, 0.717) is 0 Å². The molecule has 0 unspecified atom stereocenters. The summed E-state index contributed by atoms with van der Waals surface area (Å²) in [5.41, 5.74) is 2.09. The van der Waals surface area contributed by atoms with Gasteiger partial charge >= 0.3 is 0 Å². The molecule has 78 valence electrons. The molecule has 0 aliphatic heterocycles. The van der Waals surface area contributed by atoms with Crippen molar-refractivity contribution in [2.24, 2.45) is 0 Å². The second-order valence-electron chi connectivity index (χ2n) is 3.46. The Kier molecular flexibility index (Phi) is 2.88. The largest absolute Gasteiger partial charge is 0.387 e. The van der Waals surface area contributed by atoms with Crippen LogP contribution in [0.5, 0.6) is 0 Å². The van der Waals surface area contributed by atoms with E-state index in [-0.39, 0.29) is 0 Å². The summed E-state index contributed by atoms with van der Waals surface area (Å²) in [4.78, 5) is 0. The molecule has 0 aliphatic carbocycles. The van der Waals surface area contributed by atoms with Crippen molar-refractivity contribution in [1.29, 1.82) is 5.26 Å². The zero-order chi connectivity index (χ0) is 11.4. The van der Waals surface area contributed by atoms with E-state index in [1.807, 2.05) is 37.4 Å². The van der Waals surface area contributed by atoms with Gasteiger partial charge in [0, 0.05) is 24.2 Å². The molecule has 2 aromatic rings. The van der Waals surface area contributed by atoms with E-state index in [0.717, 1.165) is 11.3 Å². The van der Waals surface area contributed by atoms with E-state index in [2.05, 4.69) is 23.5 Å². The number of nitrogens with one attached hydrogen (secondary N) is 1. The van der Waals surface area contributed by atoms with Crippen LogP contribution in [0.1, 0.15) is 5.56 Å². The molecule has 1 N–H and O–H groups in total. The molecule has 16 heavy (non-hydrogen) atoms. The van der Waals surface area contributed by atoms with Crippen LogP contribution >= 0.6 is 0 Å². The van der Waals surface area contributed by atoms with Crippen LogP contribution in [0.3, 0.4) is 0 Å². The summed E-state index contributed by atoms with van der Waals surface area (Å²) in [7, 11) is 1.89. The quantitative estimate of drug-likeness (QED) is 0.767. The average molecular weight is 208 g/mol. The van der Waals surface area contributed by atoms with Gasteiger partial charge in [0.05, 0.1) is 6.07 Å². The summed E-state index contributed by atoms with van der Waals surface area (Å²) in [6.45, 7) is 0. The summed E-state index contributed by atoms with van der Waals surface area (Å²) in [6, 6.07) is 14.3. The molecule has 2 nitrogen and oxygen atoms in total. The molecule has 0 aromatic heterocycles. The summed E-state index contributed by atoms with van der Waals surface area (Å²) in [5, 5.41) is 14.1. The number of allylic oxidation sites excluding steroid dienone is 1. The number of benzene rings is 2. The number of anilines is 1. The van der Waals surface area contributed by atoms with Crippen molar-refractivity contribution in [2.45, 2.75) is 0 Å². The first-order valence-electron chi connectivity index (χ1n) is 5.12. The first-order chi connectivity index (χ1) is 7.86. The molecule has 0 saturated heterocycles. The van der Waals surface area contributed by atoms with Crippen molar-refractivity contribution in [1.82, 2.24) is 0 Å². The van der Waals surface area contributed by atoms with Gasteiger partial charge in [0.15, 0.2) is 0 Å². The van der Waals surface area contributed by atoms with Gasteiger partial charge in [-0.3, -0.25) is 0 Å². The molecule has 2 heteroatoms. The van der Waals surface area contributed by atoms with Crippen molar-refractivity contribution < 1.29 is 0 Å². The molecule has 0 radical (unpaired) electrons. The molecule has 0 saturated carbocycles. The maximum absolute atomic E-state index is 8.55. The Morgan fingerprint density at radius 3 is 2.75 bits per heavy atom. The lowest BCUT2D eigenvalue weighted by molar-refractivity contribution is 1.52. The third-order valence-electron chi connectivity index (χ3n) is 2.55. The van der Waals surface area contributed by atoms with Crippen LogP contribution in [0.2, 0.25) is 0 Å². The topological polar surface area (TPSA) is 35.8 Å². The Morgan fingerprint density at radius 1 is 1.19 bits per heavy atom. The third kappa shape index (κ3) is 1.76. The highest BCUT2D eigenvalue weighted by Crippen LogP contribution is 2.27. The molecular formula is C14H12N2. The summed E-state index contributed by atoms with van der Waals surface area (Å²) in [6.07, 6.45) is 3.31. The fraction of sp³-hybridized carbons (Fsp3) is 0.0714. The molecule has 2 aromatic carbocycles. The highest BCUT2D eigenvalue weighted by Gasteiger charge is 2.02. The summed E-state index contributed by atoms with van der Waals surface area (Å²) < 4.78 is 0. The normalized spacial score (nSPS) is 10.5. The number of rotatable bonds is 2. The third-order valence-corrected chi connectivity index (χ3v) is 2.55. The Bertz CT molecular complexity index is 577. The Morgan fingerprint density at radius 2 is 2.00 bits per heavy atom. The van der Waals surface area contributed by atoms with Gasteiger partial charge < -0.3 is 5.32 Å². The average Bonchev–Trinajstić information content (AvgIpc) is 2.35. The van der Waals surface area contributed by atoms with E-state index in [1.165, 1.54) is 16.8 Å². The minimum atomic E-state index is 1.03. The van der Waals surface area contributed by atoms with Crippen molar-refractivity contribution in [2.75, 3.05) is 12.4 Å². The highest BCUT2D eigenvalue weighted by atomic mass is 14.8. The van der Waals surface area contributed by atoms with Gasteiger partial charge in [-0.25, -0.2) is 0 Å². The Hall–Kier alpha value is -2.27. The lowest BCUT2D eigenvalue weighted by Crippen LogP contribution is -1.92. The monoisotopic (exact) mass is 208 g/mol. The van der Waals surface area contributed by atoms with Crippen molar-refractivity contribution in [3.8, 4) is 6.07 Å². The molecule has 0 spiro atoms. The van der Waals surface area contributed by atoms with Gasteiger partial charge in [-0.15, -0.1) is 0 Å². The van der Waals surface area contributed by atoms with Crippen LogP contribution in [-0.4, -0.2) is 7.05 Å². The molecule has 0 bridgehead atoms. The lowest BCUT2D eigenvalue weighted by Gasteiger charge is -2.09. The first-order valence-corrected chi connectivity index (χ1v) is 5.12. The predicted molar refractivity (Wildman–Crippen MR) is 68.1 cm³/mol. The first kappa shape index (κ1) is 10.3. The zero-order valence-corrected chi connectivity index (χ0v) is 9.07. The smallest absolute Gasteiger partial charge is 0.0912 e. The van der Waals surface area contributed by atoms with Crippen LogP contribution in [0.25, 0.3) is 16.8 Å². The number of nitriles is 1. The fourth-order valence-corrected chi connectivity index (χ4v) is 1.83. The second-order valence-corrected chi connectivity index (χ2v) is 3.46. The highest BCUT2D eigenvalue weighted by molar-refractivity contribution is 5.97. The van der Waals surface area contributed by atoms with Crippen LogP contribution in [0, 0.1) is 11.3 Å².